The lowest BCUT2D eigenvalue weighted by Gasteiger charge is -2.37. The number of carbonyl (C=O) groups is 1. The van der Waals surface area contributed by atoms with Crippen molar-refractivity contribution in [2.24, 2.45) is 0 Å². The molecule has 1 aromatic heterocycles. The molecular formula is C22H29ClN4O3. The molecule has 0 radical (unpaired) electrons. The number of amides is 1. The summed E-state index contributed by atoms with van der Waals surface area (Å²) in [6.07, 6.45) is 0.332. The first-order valence-electron chi connectivity index (χ1n) is 10.3. The summed E-state index contributed by atoms with van der Waals surface area (Å²) in [4.78, 5) is 42.1. The Labute approximate surface area is 181 Å². The lowest BCUT2D eigenvalue weighted by atomic mass is 10.1. The molecule has 3 rings (SSSR count). The Morgan fingerprint density at radius 2 is 1.50 bits per heavy atom. The molecule has 30 heavy (non-hydrogen) atoms. The Kier molecular flexibility index (Phi) is 6.71. The Morgan fingerprint density at radius 3 is 2.03 bits per heavy atom. The van der Waals surface area contributed by atoms with Crippen molar-refractivity contribution in [3.8, 4) is 0 Å². The molecule has 1 fully saturated rings. The number of anilines is 1. The van der Waals surface area contributed by atoms with Crippen molar-refractivity contribution in [3.05, 3.63) is 61.8 Å². The van der Waals surface area contributed by atoms with Gasteiger partial charge in [0.25, 0.3) is 5.56 Å². The summed E-state index contributed by atoms with van der Waals surface area (Å²) in [5.74, 6) is 0.690. The fraction of sp³-hybridized carbons (Fsp3) is 0.500. The zero-order valence-corrected chi connectivity index (χ0v) is 18.7. The normalized spacial score (nSPS) is 14.6. The lowest BCUT2D eigenvalue weighted by molar-refractivity contribution is -0.130. The highest BCUT2D eigenvalue weighted by atomic mass is 35.5. The molecule has 2 heterocycles. The maximum absolute atomic E-state index is 13.0. The average Bonchev–Trinajstić information content (AvgIpc) is 2.68. The molecule has 1 amide bonds. The zero-order chi connectivity index (χ0) is 22.0. The van der Waals surface area contributed by atoms with Gasteiger partial charge in [-0.1, -0.05) is 23.7 Å². The highest BCUT2D eigenvalue weighted by Gasteiger charge is 2.25. The van der Waals surface area contributed by atoms with Crippen LogP contribution < -0.4 is 16.1 Å². The zero-order valence-electron chi connectivity index (χ0n) is 18.0. The number of hydrogen-bond acceptors (Lipinski definition) is 4. The van der Waals surface area contributed by atoms with Gasteiger partial charge in [0.2, 0.25) is 5.91 Å². The summed E-state index contributed by atoms with van der Waals surface area (Å²) in [5.41, 5.74) is 0.352. The maximum atomic E-state index is 13.0. The van der Waals surface area contributed by atoms with Gasteiger partial charge in [0.15, 0.2) is 0 Å². The van der Waals surface area contributed by atoms with Gasteiger partial charge < -0.3 is 9.80 Å². The summed E-state index contributed by atoms with van der Waals surface area (Å²) in [6, 6.07) is 8.56. The third-order valence-corrected chi connectivity index (χ3v) is 5.66. The molecule has 2 aromatic rings. The van der Waals surface area contributed by atoms with Gasteiger partial charge in [0.1, 0.15) is 5.82 Å². The second-order valence-corrected chi connectivity index (χ2v) is 8.66. The second kappa shape index (κ2) is 9.08. The topological polar surface area (TPSA) is 67.5 Å². The van der Waals surface area contributed by atoms with Gasteiger partial charge in [0, 0.05) is 49.4 Å². The molecule has 1 saturated heterocycles. The number of benzene rings is 1. The molecule has 1 aliphatic heterocycles. The van der Waals surface area contributed by atoms with Gasteiger partial charge in [-0.15, -0.1) is 0 Å². The molecule has 0 aliphatic carbocycles. The van der Waals surface area contributed by atoms with E-state index in [0.717, 1.165) is 5.56 Å². The van der Waals surface area contributed by atoms with Crippen molar-refractivity contribution in [1.29, 1.82) is 0 Å². The Balaban J connectivity index is 1.76. The fourth-order valence-corrected chi connectivity index (χ4v) is 3.96. The van der Waals surface area contributed by atoms with Crippen LogP contribution in [-0.2, 0) is 11.2 Å². The first kappa shape index (κ1) is 22.2. The van der Waals surface area contributed by atoms with Crippen molar-refractivity contribution >= 4 is 23.3 Å². The van der Waals surface area contributed by atoms with E-state index in [1.165, 1.54) is 4.57 Å². The number of rotatable bonds is 5. The Hall–Kier alpha value is -2.54. The molecule has 162 valence electrons. The van der Waals surface area contributed by atoms with E-state index in [1.54, 1.807) is 22.8 Å². The predicted molar refractivity (Wildman–Crippen MR) is 120 cm³/mol. The Bertz CT molecular complexity index is 1020. The standard InChI is InChI=1S/C22H29ClN4O3/c1-15(2)26-19(14-21(29)27(16(3)4)22(26)30)24-9-11-25(12-10-24)20(28)13-17-5-7-18(23)8-6-17/h5-8,14-16H,9-13H2,1-4H3. The summed E-state index contributed by atoms with van der Waals surface area (Å²) in [7, 11) is 0. The largest absolute Gasteiger partial charge is 0.354 e. The summed E-state index contributed by atoms with van der Waals surface area (Å²) in [5, 5.41) is 0.649. The van der Waals surface area contributed by atoms with Crippen molar-refractivity contribution < 1.29 is 4.79 Å². The number of carbonyl (C=O) groups excluding carboxylic acids is 1. The summed E-state index contributed by atoms with van der Waals surface area (Å²) in [6.45, 7) is 9.78. The minimum absolute atomic E-state index is 0.0634. The first-order valence-corrected chi connectivity index (χ1v) is 10.7. The number of hydrogen-bond donors (Lipinski definition) is 0. The minimum atomic E-state index is -0.289. The monoisotopic (exact) mass is 432 g/mol. The molecule has 0 N–H and O–H groups in total. The molecule has 1 aromatic carbocycles. The number of piperazine rings is 1. The molecule has 0 saturated carbocycles. The van der Waals surface area contributed by atoms with E-state index in [9.17, 15) is 14.4 Å². The van der Waals surface area contributed by atoms with Gasteiger partial charge in [0.05, 0.1) is 6.42 Å². The number of nitrogens with zero attached hydrogens (tertiary/aromatic N) is 4. The van der Waals surface area contributed by atoms with E-state index in [1.807, 2.05) is 49.6 Å². The van der Waals surface area contributed by atoms with Crippen molar-refractivity contribution in [1.82, 2.24) is 14.0 Å². The van der Waals surface area contributed by atoms with Crippen LogP contribution in [0.1, 0.15) is 45.3 Å². The SMILES string of the molecule is CC(C)n1c(N2CCN(C(=O)Cc3ccc(Cl)cc3)CC2)cc(=O)n(C(C)C)c1=O. The second-order valence-electron chi connectivity index (χ2n) is 8.22. The predicted octanol–water partition coefficient (Wildman–Crippen LogP) is 2.72. The molecule has 0 atom stereocenters. The maximum Gasteiger partial charge on any atom is 0.333 e. The van der Waals surface area contributed by atoms with E-state index < -0.39 is 0 Å². The van der Waals surface area contributed by atoms with Gasteiger partial charge in [-0.3, -0.25) is 18.7 Å². The van der Waals surface area contributed by atoms with Crippen LogP contribution in [0.2, 0.25) is 5.02 Å². The van der Waals surface area contributed by atoms with Crippen LogP contribution >= 0.6 is 11.6 Å². The van der Waals surface area contributed by atoms with E-state index in [-0.39, 0.29) is 29.2 Å². The van der Waals surface area contributed by atoms with Crippen LogP contribution in [0.3, 0.4) is 0 Å². The number of aromatic nitrogens is 2. The molecule has 7 nitrogen and oxygen atoms in total. The van der Waals surface area contributed by atoms with Crippen LogP contribution in [0.15, 0.2) is 39.9 Å². The Morgan fingerprint density at radius 1 is 0.933 bits per heavy atom. The third kappa shape index (κ3) is 4.61. The molecular weight excluding hydrogens is 404 g/mol. The van der Waals surface area contributed by atoms with E-state index in [0.29, 0.717) is 43.4 Å². The first-order chi connectivity index (χ1) is 14.2. The quantitative estimate of drug-likeness (QED) is 0.728. The molecule has 8 heteroatoms. The summed E-state index contributed by atoms with van der Waals surface area (Å²) >= 11 is 5.91. The van der Waals surface area contributed by atoms with E-state index in [2.05, 4.69) is 0 Å². The van der Waals surface area contributed by atoms with Crippen molar-refractivity contribution in [3.63, 3.8) is 0 Å². The highest BCUT2D eigenvalue weighted by molar-refractivity contribution is 6.30. The smallest absolute Gasteiger partial charge is 0.333 e. The van der Waals surface area contributed by atoms with Crippen LogP contribution in [-0.4, -0.2) is 46.1 Å². The van der Waals surface area contributed by atoms with Crippen LogP contribution in [0.25, 0.3) is 0 Å². The van der Waals surface area contributed by atoms with Gasteiger partial charge in [-0.2, -0.15) is 0 Å². The van der Waals surface area contributed by atoms with Gasteiger partial charge in [-0.05, 0) is 45.4 Å². The van der Waals surface area contributed by atoms with Crippen LogP contribution in [0.4, 0.5) is 5.82 Å². The molecule has 1 aliphatic rings. The molecule has 0 spiro atoms. The van der Waals surface area contributed by atoms with E-state index >= 15 is 0 Å². The number of halogens is 1. The van der Waals surface area contributed by atoms with Crippen molar-refractivity contribution in [2.75, 3.05) is 31.1 Å². The van der Waals surface area contributed by atoms with Crippen LogP contribution in [0, 0.1) is 0 Å². The highest BCUT2D eigenvalue weighted by Crippen LogP contribution is 2.19. The average molecular weight is 433 g/mol. The molecule has 0 unspecified atom stereocenters. The van der Waals surface area contributed by atoms with Crippen LogP contribution in [0.5, 0.6) is 0 Å². The van der Waals surface area contributed by atoms with Gasteiger partial charge >= 0.3 is 5.69 Å². The third-order valence-electron chi connectivity index (χ3n) is 5.41. The fourth-order valence-electron chi connectivity index (χ4n) is 3.84. The summed E-state index contributed by atoms with van der Waals surface area (Å²) < 4.78 is 2.96. The minimum Gasteiger partial charge on any atom is -0.354 e. The van der Waals surface area contributed by atoms with E-state index in [4.69, 9.17) is 11.6 Å². The lowest BCUT2D eigenvalue weighted by Crippen LogP contribution is -2.52. The molecule has 0 bridgehead atoms. The van der Waals surface area contributed by atoms with Crippen molar-refractivity contribution in [2.45, 2.75) is 46.2 Å². The van der Waals surface area contributed by atoms with Gasteiger partial charge in [-0.25, -0.2) is 4.79 Å².